The number of carbonyl (C=O) groups is 1. The summed E-state index contributed by atoms with van der Waals surface area (Å²) in [5.74, 6) is -2.00. The van der Waals surface area contributed by atoms with E-state index in [1.807, 2.05) is 0 Å². The number of benzene rings is 2. The molecule has 2 aromatic carbocycles. The van der Waals surface area contributed by atoms with E-state index in [0.717, 1.165) is 12.1 Å². The van der Waals surface area contributed by atoms with Crippen LogP contribution in [0.1, 0.15) is 15.9 Å². The minimum Gasteiger partial charge on any atom is -0.465 e. The third-order valence-corrected chi connectivity index (χ3v) is 4.87. The Hall–Kier alpha value is -2.52. The Balaban J connectivity index is 2.21. The molecular weight excluding hydrogens is 354 g/mol. The summed E-state index contributed by atoms with van der Waals surface area (Å²) in [5, 5.41) is 2.67. The van der Waals surface area contributed by atoms with E-state index in [0.29, 0.717) is 0 Å². The monoisotopic (exact) mass is 370 g/mol. The van der Waals surface area contributed by atoms with Crippen LogP contribution in [0.15, 0.2) is 41.3 Å². The van der Waals surface area contributed by atoms with Crippen LogP contribution in [0.4, 0.5) is 14.5 Å². The lowest BCUT2D eigenvalue weighted by Gasteiger charge is -2.11. The molecule has 2 rings (SSSR count). The van der Waals surface area contributed by atoms with Crippen LogP contribution in [-0.2, 0) is 21.3 Å². The van der Waals surface area contributed by atoms with Crippen LogP contribution in [0, 0.1) is 11.6 Å². The van der Waals surface area contributed by atoms with Gasteiger partial charge in [-0.05, 0) is 43.4 Å². The largest absolute Gasteiger partial charge is 0.465 e. The highest BCUT2D eigenvalue weighted by atomic mass is 32.2. The van der Waals surface area contributed by atoms with Crippen molar-refractivity contribution in [1.29, 1.82) is 0 Å². The zero-order valence-electron chi connectivity index (χ0n) is 13.5. The van der Waals surface area contributed by atoms with Gasteiger partial charge in [-0.2, -0.15) is 0 Å². The van der Waals surface area contributed by atoms with Gasteiger partial charge in [0.25, 0.3) is 0 Å². The lowest BCUT2D eigenvalue weighted by atomic mass is 10.1. The van der Waals surface area contributed by atoms with Gasteiger partial charge in [-0.1, -0.05) is 0 Å². The van der Waals surface area contributed by atoms with Crippen LogP contribution >= 0.6 is 0 Å². The number of halogens is 2. The highest BCUT2D eigenvalue weighted by Crippen LogP contribution is 2.20. The number of methoxy groups -OCH3 is 1. The van der Waals surface area contributed by atoms with Gasteiger partial charge in [0.2, 0.25) is 10.0 Å². The standard InChI is InChI=1S/C16H16F2N2O4S/c1-19-25(22,23)12-4-6-15(14(18)8-12)20-9-11-7-10(16(21)24-2)3-5-13(11)17/h3-8,19-20H,9H2,1-2H3. The van der Waals surface area contributed by atoms with E-state index in [9.17, 15) is 22.0 Å². The fraction of sp³-hybridized carbons (Fsp3) is 0.188. The number of nitrogens with one attached hydrogen (secondary N) is 2. The number of hydrogen-bond donors (Lipinski definition) is 2. The van der Waals surface area contributed by atoms with Crippen LogP contribution in [0.25, 0.3) is 0 Å². The first-order valence-electron chi connectivity index (χ1n) is 7.12. The van der Waals surface area contributed by atoms with Crippen molar-refractivity contribution in [1.82, 2.24) is 4.72 Å². The number of rotatable bonds is 6. The number of esters is 1. The summed E-state index contributed by atoms with van der Waals surface area (Å²) in [7, 11) is -1.33. The molecular formula is C16H16F2N2O4S. The smallest absolute Gasteiger partial charge is 0.337 e. The Kier molecular flexibility index (Phi) is 5.70. The molecule has 0 aliphatic heterocycles. The summed E-state index contributed by atoms with van der Waals surface area (Å²) in [4.78, 5) is 11.3. The topological polar surface area (TPSA) is 84.5 Å². The Morgan fingerprint density at radius 1 is 1.12 bits per heavy atom. The molecule has 0 fully saturated rings. The summed E-state index contributed by atoms with van der Waals surface area (Å²) in [5.41, 5.74) is 0.295. The molecule has 0 spiro atoms. The van der Waals surface area contributed by atoms with Gasteiger partial charge in [0.1, 0.15) is 11.6 Å². The fourth-order valence-corrected chi connectivity index (χ4v) is 2.81. The molecule has 0 bridgehead atoms. The van der Waals surface area contributed by atoms with E-state index in [-0.39, 0.29) is 28.3 Å². The predicted octanol–water partition coefficient (Wildman–Crippen LogP) is 2.27. The molecule has 25 heavy (non-hydrogen) atoms. The maximum atomic E-state index is 14.1. The van der Waals surface area contributed by atoms with E-state index in [1.54, 1.807) is 0 Å². The van der Waals surface area contributed by atoms with Crippen molar-refractivity contribution in [3.63, 3.8) is 0 Å². The van der Waals surface area contributed by atoms with Gasteiger partial charge < -0.3 is 10.1 Å². The van der Waals surface area contributed by atoms with Gasteiger partial charge in [-0.3, -0.25) is 0 Å². The number of anilines is 1. The van der Waals surface area contributed by atoms with Crippen molar-refractivity contribution in [2.24, 2.45) is 0 Å². The second-order valence-electron chi connectivity index (χ2n) is 5.00. The summed E-state index contributed by atoms with van der Waals surface area (Å²) in [6.07, 6.45) is 0. The molecule has 0 unspecified atom stereocenters. The van der Waals surface area contributed by atoms with Crippen molar-refractivity contribution in [3.05, 3.63) is 59.2 Å². The van der Waals surface area contributed by atoms with Gasteiger partial charge in [0.05, 0.1) is 23.3 Å². The molecule has 2 N–H and O–H groups in total. The minimum atomic E-state index is -3.76. The van der Waals surface area contributed by atoms with Crippen LogP contribution in [0.5, 0.6) is 0 Å². The summed E-state index contributed by atoms with van der Waals surface area (Å²) >= 11 is 0. The van der Waals surface area contributed by atoms with E-state index in [4.69, 9.17) is 0 Å². The molecule has 6 nitrogen and oxygen atoms in total. The average molecular weight is 370 g/mol. The summed E-state index contributed by atoms with van der Waals surface area (Å²) < 4.78 is 57.8. The molecule has 0 aromatic heterocycles. The Morgan fingerprint density at radius 2 is 1.84 bits per heavy atom. The van der Waals surface area contributed by atoms with Crippen molar-refractivity contribution in [2.45, 2.75) is 11.4 Å². The molecule has 0 aliphatic rings. The maximum Gasteiger partial charge on any atom is 0.337 e. The van der Waals surface area contributed by atoms with E-state index in [2.05, 4.69) is 14.8 Å². The van der Waals surface area contributed by atoms with Gasteiger partial charge in [0.15, 0.2) is 0 Å². The molecule has 0 aliphatic carbocycles. The van der Waals surface area contributed by atoms with Crippen LogP contribution in [0.3, 0.4) is 0 Å². The molecule has 9 heteroatoms. The normalized spacial score (nSPS) is 11.2. The molecule has 0 saturated carbocycles. The van der Waals surface area contributed by atoms with Gasteiger partial charge in [-0.15, -0.1) is 0 Å². The first kappa shape index (κ1) is 18.8. The lowest BCUT2D eigenvalue weighted by Crippen LogP contribution is -2.18. The van der Waals surface area contributed by atoms with Crippen LogP contribution < -0.4 is 10.0 Å². The fourth-order valence-electron chi connectivity index (χ4n) is 2.07. The van der Waals surface area contributed by atoms with Crippen molar-refractivity contribution < 1.29 is 26.7 Å². The highest BCUT2D eigenvalue weighted by molar-refractivity contribution is 7.89. The van der Waals surface area contributed by atoms with Crippen LogP contribution in [0.2, 0.25) is 0 Å². The number of sulfonamides is 1. The minimum absolute atomic E-state index is 0.00192. The Morgan fingerprint density at radius 3 is 2.44 bits per heavy atom. The molecule has 0 amide bonds. The first-order chi connectivity index (χ1) is 11.8. The summed E-state index contributed by atoms with van der Waals surface area (Å²) in [6.45, 7) is -0.105. The molecule has 0 heterocycles. The van der Waals surface area contributed by atoms with Crippen LogP contribution in [-0.4, -0.2) is 28.5 Å². The predicted molar refractivity (Wildman–Crippen MR) is 87.7 cm³/mol. The van der Waals surface area contributed by atoms with Gasteiger partial charge in [-0.25, -0.2) is 26.7 Å². The SMILES string of the molecule is CNS(=O)(=O)c1ccc(NCc2cc(C(=O)OC)ccc2F)c(F)c1. The zero-order chi connectivity index (χ0) is 18.6. The third kappa shape index (κ3) is 4.31. The van der Waals surface area contributed by atoms with E-state index >= 15 is 0 Å². The zero-order valence-corrected chi connectivity index (χ0v) is 14.3. The molecule has 0 saturated heterocycles. The first-order valence-corrected chi connectivity index (χ1v) is 8.60. The average Bonchev–Trinajstić information content (AvgIpc) is 2.61. The molecule has 2 aromatic rings. The van der Waals surface area contributed by atoms with E-state index < -0.39 is 27.6 Å². The molecule has 134 valence electrons. The summed E-state index contributed by atoms with van der Waals surface area (Å²) in [6, 6.07) is 7.01. The van der Waals surface area contributed by atoms with Gasteiger partial charge in [0, 0.05) is 12.1 Å². The molecule has 0 radical (unpaired) electrons. The Bertz CT molecular complexity index is 901. The van der Waals surface area contributed by atoms with Crippen molar-refractivity contribution in [2.75, 3.05) is 19.5 Å². The quantitative estimate of drug-likeness (QED) is 0.762. The maximum absolute atomic E-state index is 14.1. The third-order valence-electron chi connectivity index (χ3n) is 3.46. The van der Waals surface area contributed by atoms with Crippen molar-refractivity contribution in [3.8, 4) is 0 Å². The highest BCUT2D eigenvalue weighted by Gasteiger charge is 2.15. The number of ether oxygens (including phenoxy) is 1. The second kappa shape index (κ2) is 7.58. The number of hydrogen-bond acceptors (Lipinski definition) is 5. The van der Waals surface area contributed by atoms with Crippen molar-refractivity contribution >= 4 is 21.7 Å². The second-order valence-corrected chi connectivity index (χ2v) is 6.89. The number of carbonyl (C=O) groups excluding carboxylic acids is 1. The van der Waals surface area contributed by atoms with Gasteiger partial charge >= 0.3 is 5.97 Å². The van der Waals surface area contributed by atoms with E-state index in [1.165, 1.54) is 38.4 Å². The molecule has 0 atom stereocenters. The lowest BCUT2D eigenvalue weighted by molar-refractivity contribution is 0.0600. The Labute approximate surface area is 143 Å².